The van der Waals surface area contributed by atoms with Crippen LogP contribution in [0.2, 0.25) is 0 Å². The van der Waals surface area contributed by atoms with Crippen molar-refractivity contribution in [3.63, 3.8) is 0 Å². The van der Waals surface area contributed by atoms with E-state index in [0.717, 1.165) is 0 Å². The Kier molecular flexibility index (Phi) is 5.06. The van der Waals surface area contributed by atoms with Gasteiger partial charge in [-0.3, -0.25) is 0 Å². The monoisotopic (exact) mass is 290 g/mol. The van der Waals surface area contributed by atoms with Crippen molar-refractivity contribution in [3.8, 4) is 0 Å². The highest BCUT2D eigenvalue weighted by Gasteiger charge is 2.75. The number of halogens is 8. The molecule has 0 aromatic carbocycles. The highest BCUT2D eigenvalue weighted by molar-refractivity contribution is 5.85. The third kappa shape index (κ3) is 2.94. The number of alkyl halides is 7. The average molecular weight is 291 g/mol. The maximum atomic E-state index is 13.0. The van der Waals surface area contributed by atoms with Gasteiger partial charge in [0.1, 0.15) is 0 Å². The lowest BCUT2D eigenvalue weighted by molar-refractivity contribution is -0.360. The van der Waals surface area contributed by atoms with Gasteiger partial charge in [-0.25, -0.2) is 0 Å². The topological polar surface area (TPSA) is 24.1 Å². The summed E-state index contributed by atoms with van der Waals surface area (Å²) in [7, 11) is 0. The first-order valence-corrected chi connectivity index (χ1v) is 4.37. The van der Waals surface area contributed by atoms with Gasteiger partial charge in [-0.1, -0.05) is 0 Å². The number of rotatable bonds is 2. The van der Waals surface area contributed by atoms with E-state index in [1.165, 1.54) is 0 Å². The van der Waals surface area contributed by atoms with Crippen LogP contribution in [0.1, 0.15) is 0 Å². The van der Waals surface area contributed by atoms with Gasteiger partial charge in [-0.05, 0) is 0 Å². The molecular formula is C7H10ClF7N2. The van der Waals surface area contributed by atoms with Gasteiger partial charge >= 0.3 is 18.0 Å². The molecule has 1 fully saturated rings. The summed E-state index contributed by atoms with van der Waals surface area (Å²) in [4.78, 5) is 0. The molecule has 17 heavy (non-hydrogen) atoms. The first kappa shape index (κ1) is 16.7. The Morgan fingerprint density at radius 2 is 1.41 bits per heavy atom. The van der Waals surface area contributed by atoms with Crippen LogP contribution in [0.3, 0.4) is 0 Å². The second kappa shape index (κ2) is 5.15. The minimum atomic E-state index is -6.27. The summed E-state index contributed by atoms with van der Waals surface area (Å²) in [5.74, 6) is -11.2. The molecule has 2 nitrogen and oxygen atoms in total. The molecular weight excluding hydrogens is 281 g/mol. The second-order valence-electron chi connectivity index (χ2n) is 3.41. The van der Waals surface area contributed by atoms with E-state index in [0.29, 0.717) is 0 Å². The molecule has 10 heteroatoms. The Balaban J connectivity index is 0.00000256. The maximum absolute atomic E-state index is 13.0. The molecule has 0 radical (unpaired) electrons. The van der Waals surface area contributed by atoms with E-state index >= 15 is 0 Å². The third-order valence-corrected chi connectivity index (χ3v) is 2.25. The Bertz CT molecular complexity index is 249. The molecule has 0 saturated carbocycles. The fourth-order valence-corrected chi connectivity index (χ4v) is 1.32. The minimum absolute atomic E-state index is 0. The first-order chi connectivity index (χ1) is 7.11. The first-order valence-electron chi connectivity index (χ1n) is 4.37. The summed E-state index contributed by atoms with van der Waals surface area (Å²) >= 11 is 0. The van der Waals surface area contributed by atoms with Gasteiger partial charge in [-0.2, -0.15) is 30.7 Å². The van der Waals surface area contributed by atoms with Crippen LogP contribution in [0.4, 0.5) is 30.7 Å². The lowest BCUT2D eigenvalue weighted by Gasteiger charge is -2.36. The molecule has 0 bridgehead atoms. The van der Waals surface area contributed by atoms with Crippen molar-refractivity contribution in [2.75, 3.05) is 19.6 Å². The maximum Gasteiger partial charge on any atom is 0.459 e. The molecule has 0 spiro atoms. The zero-order valence-corrected chi connectivity index (χ0v) is 9.07. The number of piperazine rings is 1. The molecule has 1 aliphatic rings. The summed E-state index contributed by atoms with van der Waals surface area (Å²) in [5.41, 5.74) is 0. The van der Waals surface area contributed by atoms with Crippen LogP contribution in [0.25, 0.3) is 0 Å². The van der Waals surface area contributed by atoms with Crippen LogP contribution in [-0.4, -0.2) is 43.7 Å². The zero-order valence-electron chi connectivity index (χ0n) is 8.25. The molecule has 0 amide bonds. The van der Waals surface area contributed by atoms with Gasteiger partial charge in [-0.15, -0.1) is 12.4 Å². The highest BCUT2D eigenvalue weighted by atomic mass is 35.5. The van der Waals surface area contributed by atoms with Crippen molar-refractivity contribution in [2.24, 2.45) is 0 Å². The fourth-order valence-electron chi connectivity index (χ4n) is 1.32. The van der Waals surface area contributed by atoms with Crippen LogP contribution < -0.4 is 10.6 Å². The molecule has 1 atom stereocenters. The van der Waals surface area contributed by atoms with Crippen molar-refractivity contribution in [3.05, 3.63) is 0 Å². The van der Waals surface area contributed by atoms with Crippen LogP contribution in [0.15, 0.2) is 0 Å². The van der Waals surface area contributed by atoms with Gasteiger partial charge < -0.3 is 10.6 Å². The van der Waals surface area contributed by atoms with Gasteiger partial charge in [0, 0.05) is 19.6 Å². The predicted octanol–water partition coefficient (Wildman–Crippen LogP) is 1.80. The Morgan fingerprint density at radius 1 is 0.882 bits per heavy atom. The molecule has 0 unspecified atom stereocenters. The van der Waals surface area contributed by atoms with E-state index in [-0.39, 0.29) is 25.5 Å². The van der Waals surface area contributed by atoms with Crippen LogP contribution in [0, 0.1) is 0 Å². The van der Waals surface area contributed by atoms with E-state index in [1.807, 2.05) is 5.32 Å². The molecule has 1 aliphatic heterocycles. The SMILES string of the molecule is Cl.FC(F)(F)C(F)(F)C(F)(F)[C@H]1CNCCN1. The van der Waals surface area contributed by atoms with Gasteiger partial charge in [0.15, 0.2) is 0 Å². The number of nitrogens with one attached hydrogen (secondary N) is 2. The number of hydrogen-bond acceptors (Lipinski definition) is 2. The Hall–Kier alpha value is -0.280. The van der Waals surface area contributed by atoms with Gasteiger partial charge in [0.2, 0.25) is 0 Å². The smallest absolute Gasteiger partial charge is 0.314 e. The average Bonchev–Trinajstić information content (AvgIpc) is 2.17. The molecule has 1 heterocycles. The summed E-state index contributed by atoms with van der Waals surface area (Å²) in [5, 5.41) is 4.27. The quantitative estimate of drug-likeness (QED) is 0.758. The van der Waals surface area contributed by atoms with E-state index < -0.39 is 30.6 Å². The van der Waals surface area contributed by atoms with Gasteiger partial charge in [0.05, 0.1) is 6.04 Å². The second-order valence-corrected chi connectivity index (χ2v) is 3.41. The lowest BCUT2D eigenvalue weighted by atomic mass is 10.0. The zero-order chi connectivity index (χ0) is 12.6. The highest BCUT2D eigenvalue weighted by Crippen LogP contribution is 2.47. The summed E-state index contributed by atoms with van der Waals surface area (Å²) in [6, 6.07) is -2.24. The Morgan fingerprint density at radius 3 is 1.76 bits per heavy atom. The predicted molar refractivity (Wildman–Crippen MR) is 47.9 cm³/mol. The van der Waals surface area contributed by atoms with Crippen molar-refractivity contribution in [2.45, 2.75) is 24.1 Å². The van der Waals surface area contributed by atoms with E-state index in [2.05, 4.69) is 5.32 Å². The van der Waals surface area contributed by atoms with E-state index in [4.69, 9.17) is 0 Å². The van der Waals surface area contributed by atoms with E-state index in [9.17, 15) is 30.7 Å². The van der Waals surface area contributed by atoms with Crippen LogP contribution >= 0.6 is 12.4 Å². The molecule has 0 aromatic rings. The third-order valence-electron chi connectivity index (χ3n) is 2.25. The van der Waals surface area contributed by atoms with Crippen molar-refractivity contribution < 1.29 is 30.7 Å². The van der Waals surface area contributed by atoms with Crippen molar-refractivity contribution >= 4 is 12.4 Å². The molecule has 1 rings (SSSR count). The number of hydrogen-bond donors (Lipinski definition) is 2. The summed E-state index contributed by atoms with van der Waals surface area (Å²) in [6.45, 7) is -0.489. The molecule has 0 aromatic heterocycles. The molecule has 0 aliphatic carbocycles. The summed E-state index contributed by atoms with van der Waals surface area (Å²) < 4.78 is 86.5. The summed E-state index contributed by atoms with van der Waals surface area (Å²) in [6.07, 6.45) is -6.27. The lowest BCUT2D eigenvalue weighted by Crippen LogP contribution is -2.66. The Labute approximate surface area is 98.3 Å². The van der Waals surface area contributed by atoms with Gasteiger partial charge in [0.25, 0.3) is 0 Å². The molecule has 104 valence electrons. The van der Waals surface area contributed by atoms with Crippen molar-refractivity contribution in [1.82, 2.24) is 10.6 Å². The standard InChI is InChI=1S/C7H9F7N2.ClH/c8-5(9,4-3-15-1-2-16-4)6(10,11)7(12,13)14;/h4,15-16H,1-3H2;1H/t4-;/m1./s1. The molecule has 2 N–H and O–H groups in total. The minimum Gasteiger partial charge on any atom is -0.314 e. The van der Waals surface area contributed by atoms with E-state index in [1.54, 1.807) is 0 Å². The normalized spacial score (nSPS) is 23.1. The molecule has 1 saturated heterocycles. The van der Waals surface area contributed by atoms with Crippen molar-refractivity contribution in [1.29, 1.82) is 0 Å². The largest absolute Gasteiger partial charge is 0.459 e. The van der Waals surface area contributed by atoms with Crippen LogP contribution in [0.5, 0.6) is 0 Å². The van der Waals surface area contributed by atoms with Crippen LogP contribution in [-0.2, 0) is 0 Å². The fraction of sp³-hybridized carbons (Fsp3) is 1.00.